The average molecular weight is 114 g/mol. The molecule has 2 nitrogen and oxygen atoms in total. The Hall–Kier alpha value is -0.530. The van der Waals surface area contributed by atoms with Gasteiger partial charge in [0.15, 0.2) is 0 Å². The molecule has 0 unspecified atom stereocenters. The first-order chi connectivity index (χ1) is 3.81. The second-order valence-electron chi connectivity index (χ2n) is 1.77. The van der Waals surface area contributed by atoms with Crippen LogP contribution in [-0.4, -0.2) is 17.9 Å². The summed E-state index contributed by atoms with van der Waals surface area (Å²) in [5, 5.41) is 0. The molecule has 0 saturated carbocycles. The molecule has 0 aromatic rings. The minimum atomic E-state index is 0.746. The number of nitrogens with zero attached hydrogens (tertiary/aromatic N) is 1. The van der Waals surface area contributed by atoms with Crippen LogP contribution >= 0.6 is 0 Å². The molecule has 0 spiro atoms. The summed E-state index contributed by atoms with van der Waals surface area (Å²) in [7, 11) is 3.46. The van der Waals surface area contributed by atoms with Crippen molar-refractivity contribution in [1.82, 2.24) is 4.90 Å². The Kier molecular flexibility index (Phi) is 4.32. The lowest BCUT2D eigenvalue weighted by Gasteiger charge is -2.06. The third-order valence-electron chi connectivity index (χ3n) is 0.948. The first-order valence-corrected chi connectivity index (χ1v) is 2.83. The molecule has 0 rings (SSSR count). The lowest BCUT2D eigenvalue weighted by Crippen LogP contribution is -2.13. The standard InChI is InChI=1S/C6H12NO/c1-3-4-5-7(2)6-8/h6H,2-5H2,1H3. The highest BCUT2D eigenvalue weighted by Gasteiger charge is 1.88. The minimum absolute atomic E-state index is 0.746. The van der Waals surface area contributed by atoms with Gasteiger partial charge in [-0.15, -0.1) is 0 Å². The fourth-order valence-electron chi connectivity index (χ4n) is 0.414. The summed E-state index contributed by atoms with van der Waals surface area (Å²) in [5.41, 5.74) is 0. The zero-order chi connectivity index (χ0) is 6.41. The highest BCUT2D eigenvalue weighted by atomic mass is 16.1. The molecule has 0 aliphatic heterocycles. The van der Waals surface area contributed by atoms with E-state index in [1.165, 1.54) is 4.90 Å². The Balaban J connectivity index is 2.98. The van der Waals surface area contributed by atoms with Gasteiger partial charge in [-0.3, -0.25) is 4.79 Å². The summed E-state index contributed by atoms with van der Waals surface area (Å²) in [4.78, 5) is 11.3. The van der Waals surface area contributed by atoms with Crippen molar-refractivity contribution < 1.29 is 4.79 Å². The van der Waals surface area contributed by atoms with E-state index in [0.717, 1.165) is 25.8 Å². The van der Waals surface area contributed by atoms with E-state index in [1.807, 2.05) is 0 Å². The van der Waals surface area contributed by atoms with Crippen LogP contribution in [0.3, 0.4) is 0 Å². The third-order valence-corrected chi connectivity index (χ3v) is 0.948. The van der Waals surface area contributed by atoms with Gasteiger partial charge in [-0.05, 0) is 6.42 Å². The van der Waals surface area contributed by atoms with Gasteiger partial charge in [-0.1, -0.05) is 13.3 Å². The van der Waals surface area contributed by atoms with Crippen molar-refractivity contribution in [3.05, 3.63) is 7.05 Å². The summed E-state index contributed by atoms with van der Waals surface area (Å²) in [5.74, 6) is 0. The number of carbonyl (C=O) groups is 1. The van der Waals surface area contributed by atoms with Crippen molar-refractivity contribution in [3.63, 3.8) is 0 Å². The predicted octanol–water partition coefficient (Wildman–Crippen LogP) is 1.04. The smallest absolute Gasteiger partial charge is 0.209 e. The van der Waals surface area contributed by atoms with Gasteiger partial charge in [0, 0.05) is 13.6 Å². The summed E-state index contributed by atoms with van der Waals surface area (Å²) in [6.07, 6.45) is 2.90. The van der Waals surface area contributed by atoms with Gasteiger partial charge in [0.25, 0.3) is 0 Å². The highest BCUT2D eigenvalue weighted by Crippen LogP contribution is 1.87. The number of carbonyl (C=O) groups excluding carboxylic acids is 1. The van der Waals surface area contributed by atoms with Crippen LogP contribution < -0.4 is 0 Å². The van der Waals surface area contributed by atoms with E-state index in [0.29, 0.717) is 0 Å². The minimum Gasteiger partial charge on any atom is -0.343 e. The molecule has 1 radical (unpaired) electrons. The van der Waals surface area contributed by atoms with Gasteiger partial charge in [0.1, 0.15) is 0 Å². The fourth-order valence-corrected chi connectivity index (χ4v) is 0.414. The Morgan fingerprint density at radius 3 is 2.75 bits per heavy atom. The maximum atomic E-state index is 9.87. The zero-order valence-electron chi connectivity index (χ0n) is 5.26. The lowest BCUT2D eigenvalue weighted by molar-refractivity contribution is -0.116. The van der Waals surface area contributed by atoms with E-state index >= 15 is 0 Å². The van der Waals surface area contributed by atoms with Gasteiger partial charge in [0.2, 0.25) is 6.41 Å². The van der Waals surface area contributed by atoms with E-state index in [1.54, 1.807) is 0 Å². The number of hydrogen-bond donors (Lipinski definition) is 0. The fraction of sp³-hybridized carbons (Fsp3) is 0.667. The van der Waals surface area contributed by atoms with E-state index in [9.17, 15) is 4.79 Å². The lowest BCUT2D eigenvalue weighted by atomic mass is 10.3. The number of hydrogen-bond acceptors (Lipinski definition) is 1. The molecular weight excluding hydrogens is 102 g/mol. The van der Waals surface area contributed by atoms with Crippen LogP contribution in [0.2, 0.25) is 0 Å². The Morgan fingerprint density at radius 1 is 1.75 bits per heavy atom. The molecule has 8 heavy (non-hydrogen) atoms. The van der Waals surface area contributed by atoms with Crippen LogP contribution in [-0.2, 0) is 4.79 Å². The van der Waals surface area contributed by atoms with E-state index < -0.39 is 0 Å². The number of rotatable bonds is 4. The molecule has 0 aromatic heterocycles. The van der Waals surface area contributed by atoms with Crippen molar-refractivity contribution in [2.45, 2.75) is 19.8 Å². The van der Waals surface area contributed by atoms with Crippen LogP contribution in [0.25, 0.3) is 0 Å². The molecule has 1 amide bonds. The molecule has 0 N–H and O–H groups in total. The summed E-state index contributed by atoms with van der Waals surface area (Å²) >= 11 is 0. The van der Waals surface area contributed by atoms with E-state index in [2.05, 4.69) is 14.0 Å². The molecule has 0 fully saturated rings. The molecule has 0 aliphatic rings. The van der Waals surface area contributed by atoms with E-state index in [4.69, 9.17) is 0 Å². The third kappa shape index (κ3) is 3.65. The largest absolute Gasteiger partial charge is 0.343 e. The molecule has 47 valence electrons. The SMILES string of the molecule is [CH2]N(C=O)CCCC. The van der Waals surface area contributed by atoms with Crippen molar-refractivity contribution in [1.29, 1.82) is 0 Å². The normalized spacial score (nSPS) is 8.75. The Labute approximate surface area is 50.5 Å². The van der Waals surface area contributed by atoms with Crippen molar-refractivity contribution in [2.75, 3.05) is 6.54 Å². The first kappa shape index (κ1) is 7.47. The molecule has 0 saturated heterocycles. The second kappa shape index (κ2) is 4.62. The molecule has 0 heterocycles. The van der Waals surface area contributed by atoms with Crippen LogP contribution in [0.4, 0.5) is 0 Å². The molecule has 0 aromatic carbocycles. The van der Waals surface area contributed by atoms with Gasteiger partial charge >= 0.3 is 0 Å². The van der Waals surface area contributed by atoms with Crippen molar-refractivity contribution in [3.8, 4) is 0 Å². The van der Waals surface area contributed by atoms with Crippen LogP contribution in [0.15, 0.2) is 0 Å². The second-order valence-corrected chi connectivity index (χ2v) is 1.77. The first-order valence-electron chi connectivity index (χ1n) is 2.83. The van der Waals surface area contributed by atoms with Crippen LogP contribution in [0.1, 0.15) is 19.8 Å². The molecule has 0 atom stereocenters. The summed E-state index contributed by atoms with van der Waals surface area (Å²) in [6.45, 7) is 2.86. The predicted molar refractivity (Wildman–Crippen MR) is 33.0 cm³/mol. The van der Waals surface area contributed by atoms with Crippen molar-refractivity contribution in [2.24, 2.45) is 0 Å². The monoisotopic (exact) mass is 114 g/mol. The Bertz CT molecular complexity index is 63.5. The average Bonchev–Trinajstić information content (AvgIpc) is 1.83. The topological polar surface area (TPSA) is 20.3 Å². The molecule has 0 bridgehead atoms. The zero-order valence-corrected chi connectivity index (χ0v) is 5.26. The van der Waals surface area contributed by atoms with Gasteiger partial charge in [0.05, 0.1) is 0 Å². The van der Waals surface area contributed by atoms with Gasteiger partial charge in [-0.2, -0.15) is 0 Å². The molecular formula is C6H12NO. The summed E-state index contributed by atoms with van der Waals surface area (Å²) in [6, 6.07) is 0. The number of amides is 1. The number of unbranched alkanes of at least 4 members (excludes halogenated alkanes) is 1. The Morgan fingerprint density at radius 2 is 2.38 bits per heavy atom. The highest BCUT2D eigenvalue weighted by molar-refractivity contribution is 5.46. The van der Waals surface area contributed by atoms with Gasteiger partial charge < -0.3 is 4.90 Å². The van der Waals surface area contributed by atoms with E-state index in [-0.39, 0.29) is 0 Å². The summed E-state index contributed by atoms with van der Waals surface area (Å²) < 4.78 is 0. The van der Waals surface area contributed by atoms with Crippen molar-refractivity contribution >= 4 is 6.41 Å². The van der Waals surface area contributed by atoms with Crippen LogP contribution in [0.5, 0.6) is 0 Å². The maximum absolute atomic E-state index is 9.87. The maximum Gasteiger partial charge on any atom is 0.209 e. The quantitative estimate of drug-likeness (QED) is 0.500. The molecule has 2 heteroatoms. The van der Waals surface area contributed by atoms with Gasteiger partial charge in [-0.25, -0.2) is 0 Å². The van der Waals surface area contributed by atoms with Crippen LogP contribution in [0, 0.1) is 7.05 Å². The molecule has 0 aliphatic carbocycles.